The van der Waals surface area contributed by atoms with Crippen LogP contribution in [0.1, 0.15) is 19.4 Å². The van der Waals surface area contributed by atoms with Gasteiger partial charge in [-0.15, -0.1) is 0 Å². The number of hydrogen-bond acceptors (Lipinski definition) is 4. The lowest BCUT2D eigenvalue weighted by Gasteiger charge is -2.21. The number of ether oxygens (including phenoxy) is 2. The summed E-state index contributed by atoms with van der Waals surface area (Å²) in [5.41, 5.74) is 3.94. The highest BCUT2D eigenvalue weighted by atomic mass is 16.5. The van der Waals surface area contributed by atoms with E-state index >= 15 is 0 Å². The molecule has 3 rings (SSSR count). The zero-order valence-electron chi connectivity index (χ0n) is 19.3. The molecule has 0 saturated carbocycles. The van der Waals surface area contributed by atoms with Crippen molar-refractivity contribution in [2.24, 2.45) is 0 Å². The van der Waals surface area contributed by atoms with E-state index < -0.39 is 0 Å². The van der Waals surface area contributed by atoms with Crippen LogP contribution in [0.4, 0.5) is 5.69 Å². The first kappa shape index (κ1) is 23.4. The molecule has 0 aliphatic heterocycles. The number of benzene rings is 3. The molecule has 0 aliphatic rings. The van der Waals surface area contributed by atoms with E-state index in [-0.39, 0.29) is 5.91 Å². The number of methoxy groups -OCH3 is 1. The predicted molar refractivity (Wildman–Crippen MR) is 130 cm³/mol. The van der Waals surface area contributed by atoms with Crippen molar-refractivity contribution in [3.8, 4) is 22.6 Å². The standard InChI is InChI=1S/C27H32N2O3/c1-20(2)29(3)16-17-32-26-19-24(14-15-25(26)31-4)28-27(30)18-21-10-12-23(13-11-21)22-8-6-5-7-9-22/h5-15,19-20H,16-18H2,1-4H3,(H,28,30). The molecule has 0 aliphatic carbocycles. The Morgan fingerprint density at radius 2 is 1.62 bits per heavy atom. The molecule has 0 spiro atoms. The van der Waals surface area contributed by atoms with E-state index in [0.717, 1.165) is 23.2 Å². The third-order valence-corrected chi connectivity index (χ3v) is 5.46. The smallest absolute Gasteiger partial charge is 0.228 e. The molecule has 0 saturated heterocycles. The molecule has 168 valence electrons. The zero-order valence-corrected chi connectivity index (χ0v) is 19.3. The fourth-order valence-corrected chi connectivity index (χ4v) is 3.26. The largest absolute Gasteiger partial charge is 0.493 e. The topological polar surface area (TPSA) is 50.8 Å². The first-order valence-corrected chi connectivity index (χ1v) is 10.9. The van der Waals surface area contributed by atoms with E-state index in [1.54, 1.807) is 7.11 Å². The summed E-state index contributed by atoms with van der Waals surface area (Å²) >= 11 is 0. The van der Waals surface area contributed by atoms with Gasteiger partial charge in [-0.1, -0.05) is 54.6 Å². The Morgan fingerprint density at radius 1 is 0.938 bits per heavy atom. The SMILES string of the molecule is COc1ccc(NC(=O)Cc2ccc(-c3ccccc3)cc2)cc1OCCN(C)C(C)C. The highest BCUT2D eigenvalue weighted by Crippen LogP contribution is 2.30. The van der Waals surface area contributed by atoms with Crippen molar-refractivity contribution in [2.45, 2.75) is 26.3 Å². The first-order chi connectivity index (χ1) is 15.5. The number of amides is 1. The average molecular weight is 433 g/mol. The number of hydrogen-bond donors (Lipinski definition) is 1. The lowest BCUT2D eigenvalue weighted by Crippen LogP contribution is -2.30. The zero-order chi connectivity index (χ0) is 22.9. The number of carbonyl (C=O) groups is 1. The lowest BCUT2D eigenvalue weighted by atomic mass is 10.0. The van der Waals surface area contributed by atoms with E-state index in [0.29, 0.717) is 36.3 Å². The monoisotopic (exact) mass is 432 g/mol. The summed E-state index contributed by atoms with van der Waals surface area (Å²) in [5, 5.41) is 2.96. The second kappa shape index (κ2) is 11.3. The Kier molecular flexibility index (Phi) is 8.28. The molecule has 1 amide bonds. The van der Waals surface area contributed by atoms with Gasteiger partial charge < -0.3 is 19.7 Å². The minimum absolute atomic E-state index is 0.0758. The summed E-state index contributed by atoms with van der Waals surface area (Å²) in [4.78, 5) is 14.8. The van der Waals surface area contributed by atoms with Gasteiger partial charge in [0.15, 0.2) is 11.5 Å². The molecule has 1 N–H and O–H groups in total. The second-order valence-electron chi connectivity index (χ2n) is 8.08. The van der Waals surface area contributed by atoms with Crippen LogP contribution < -0.4 is 14.8 Å². The first-order valence-electron chi connectivity index (χ1n) is 10.9. The van der Waals surface area contributed by atoms with Gasteiger partial charge >= 0.3 is 0 Å². The van der Waals surface area contributed by atoms with Crippen LogP contribution in [0.5, 0.6) is 11.5 Å². The molecule has 0 fully saturated rings. The number of carbonyl (C=O) groups excluding carboxylic acids is 1. The van der Waals surface area contributed by atoms with E-state index in [9.17, 15) is 4.79 Å². The molecule has 0 unspecified atom stereocenters. The maximum atomic E-state index is 12.6. The summed E-state index contributed by atoms with van der Waals surface area (Å²) in [6.07, 6.45) is 0.302. The van der Waals surface area contributed by atoms with Gasteiger partial charge in [-0.05, 0) is 49.7 Å². The fraction of sp³-hybridized carbons (Fsp3) is 0.296. The Morgan fingerprint density at radius 3 is 2.28 bits per heavy atom. The average Bonchev–Trinajstić information content (AvgIpc) is 2.80. The number of likely N-dealkylation sites (N-methyl/N-ethyl adjacent to an activating group) is 1. The number of rotatable bonds is 10. The quantitative estimate of drug-likeness (QED) is 0.475. The van der Waals surface area contributed by atoms with Gasteiger partial charge in [-0.25, -0.2) is 0 Å². The van der Waals surface area contributed by atoms with Crippen LogP contribution in [0.25, 0.3) is 11.1 Å². The molecule has 0 atom stereocenters. The van der Waals surface area contributed by atoms with Gasteiger partial charge in [0.05, 0.1) is 13.5 Å². The third-order valence-electron chi connectivity index (χ3n) is 5.46. The molecule has 32 heavy (non-hydrogen) atoms. The van der Waals surface area contributed by atoms with Crippen molar-refractivity contribution in [3.05, 3.63) is 78.4 Å². The summed E-state index contributed by atoms with van der Waals surface area (Å²) in [6, 6.07) is 24.2. The van der Waals surface area contributed by atoms with Crippen LogP contribution in [-0.2, 0) is 11.2 Å². The van der Waals surface area contributed by atoms with Gasteiger partial charge in [-0.3, -0.25) is 4.79 Å². The van der Waals surface area contributed by atoms with Gasteiger partial charge in [-0.2, -0.15) is 0 Å². The van der Waals surface area contributed by atoms with Crippen LogP contribution >= 0.6 is 0 Å². The number of nitrogens with zero attached hydrogens (tertiary/aromatic N) is 1. The van der Waals surface area contributed by atoms with E-state index in [4.69, 9.17) is 9.47 Å². The van der Waals surface area contributed by atoms with Crippen LogP contribution in [-0.4, -0.2) is 44.2 Å². The van der Waals surface area contributed by atoms with Crippen LogP contribution in [0, 0.1) is 0 Å². The van der Waals surface area contributed by atoms with Gasteiger partial charge in [0.25, 0.3) is 0 Å². The molecule has 3 aromatic rings. The van der Waals surface area contributed by atoms with Crippen molar-refractivity contribution >= 4 is 11.6 Å². The fourth-order valence-electron chi connectivity index (χ4n) is 3.26. The number of nitrogens with one attached hydrogen (secondary N) is 1. The molecule has 3 aromatic carbocycles. The van der Waals surface area contributed by atoms with E-state index in [1.165, 1.54) is 0 Å². The van der Waals surface area contributed by atoms with Crippen molar-refractivity contribution in [2.75, 3.05) is 32.6 Å². The Balaban J connectivity index is 1.59. The van der Waals surface area contributed by atoms with E-state index in [2.05, 4.69) is 43.2 Å². The molecular formula is C27H32N2O3. The van der Waals surface area contributed by atoms with Crippen LogP contribution in [0.2, 0.25) is 0 Å². The summed E-state index contributed by atoms with van der Waals surface area (Å²) < 4.78 is 11.3. The summed E-state index contributed by atoms with van der Waals surface area (Å²) in [7, 11) is 3.67. The Labute approximate surface area is 191 Å². The molecular weight excluding hydrogens is 400 g/mol. The van der Waals surface area contributed by atoms with Gasteiger partial charge in [0.1, 0.15) is 6.61 Å². The maximum absolute atomic E-state index is 12.6. The van der Waals surface area contributed by atoms with Crippen LogP contribution in [0.15, 0.2) is 72.8 Å². The molecule has 0 bridgehead atoms. The predicted octanol–water partition coefficient (Wildman–Crippen LogP) is 5.26. The second-order valence-corrected chi connectivity index (χ2v) is 8.08. The molecule has 0 radical (unpaired) electrons. The maximum Gasteiger partial charge on any atom is 0.228 e. The van der Waals surface area contributed by atoms with Gasteiger partial charge in [0.2, 0.25) is 5.91 Å². The minimum Gasteiger partial charge on any atom is -0.493 e. The molecule has 0 heterocycles. The minimum atomic E-state index is -0.0758. The van der Waals surface area contributed by atoms with E-state index in [1.807, 2.05) is 60.7 Å². The lowest BCUT2D eigenvalue weighted by molar-refractivity contribution is -0.115. The Hall–Kier alpha value is -3.31. The Bertz CT molecular complexity index is 1000. The summed E-state index contributed by atoms with van der Waals surface area (Å²) in [5.74, 6) is 1.19. The normalized spacial score (nSPS) is 10.9. The van der Waals surface area contributed by atoms with Gasteiger partial charge in [0, 0.05) is 24.3 Å². The van der Waals surface area contributed by atoms with Crippen LogP contribution in [0.3, 0.4) is 0 Å². The third kappa shape index (κ3) is 6.59. The van der Waals surface area contributed by atoms with Crippen molar-refractivity contribution in [1.29, 1.82) is 0 Å². The van der Waals surface area contributed by atoms with Crippen molar-refractivity contribution in [1.82, 2.24) is 4.90 Å². The number of anilines is 1. The van der Waals surface area contributed by atoms with Crippen molar-refractivity contribution in [3.63, 3.8) is 0 Å². The molecule has 5 nitrogen and oxygen atoms in total. The van der Waals surface area contributed by atoms with Crippen molar-refractivity contribution < 1.29 is 14.3 Å². The molecule has 0 aromatic heterocycles. The highest BCUT2D eigenvalue weighted by Gasteiger charge is 2.10. The highest BCUT2D eigenvalue weighted by molar-refractivity contribution is 5.92. The molecule has 5 heteroatoms. The summed E-state index contributed by atoms with van der Waals surface area (Å²) in [6.45, 7) is 5.63.